The van der Waals surface area contributed by atoms with E-state index in [1.165, 1.54) is 24.3 Å². The Kier molecular flexibility index (Phi) is 5.37. The van der Waals surface area contributed by atoms with Crippen molar-refractivity contribution in [3.8, 4) is 5.75 Å². The van der Waals surface area contributed by atoms with E-state index in [1.54, 1.807) is 6.20 Å². The first-order valence-electron chi connectivity index (χ1n) is 9.15. The number of amides is 1. The highest BCUT2D eigenvalue weighted by molar-refractivity contribution is 5.83. The summed E-state index contributed by atoms with van der Waals surface area (Å²) in [5, 5.41) is 3.09. The number of aromatic amines is 1. The highest BCUT2D eigenvalue weighted by Gasteiger charge is 2.33. The second kappa shape index (κ2) is 7.56. The number of hydrogen-bond donors (Lipinski definition) is 2. The van der Waals surface area contributed by atoms with Crippen LogP contribution < -0.4 is 15.5 Å². The SMILES string of the molecule is COc1c[nH]c(CN2Cc3ccccc3C[C@H]2C(=O)NC(C)(C)C)cc1=O. The fourth-order valence-corrected chi connectivity index (χ4v) is 3.42. The average Bonchev–Trinajstić information content (AvgIpc) is 2.60. The number of nitrogens with one attached hydrogen (secondary N) is 2. The van der Waals surface area contributed by atoms with E-state index in [-0.39, 0.29) is 28.7 Å². The molecule has 0 saturated carbocycles. The molecule has 0 spiro atoms. The van der Waals surface area contributed by atoms with Crippen molar-refractivity contribution in [2.45, 2.75) is 51.9 Å². The molecule has 1 amide bonds. The molecule has 2 N–H and O–H groups in total. The summed E-state index contributed by atoms with van der Waals surface area (Å²) in [4.78, 5) is 30.2. The van der Waals surface area contributed by atoms with Crippen molar-refractivity contribution < 1.29 is 9.53 Å². The third-order valence-corrected chi connectivity index (χ3v) is 4.68. The van der Waals surface area contributed by atoms with Crippen LogP contribution >= 0.6 is 0 Å². The van der Waals surface area contributed by atoms with E-state index in [9.17, 15) is 9.59 Å². The Balaban J connectivity index is 1.88. The highest BCUT2D eigenvalue weighted by Crippen LogP contribution is 2.25. The third kappa shape index (κ3) is 4.57. The zero-order valence-electron chi connectivity index (χ0n) is 16.3. The predicted octanol–water partition coefficient (Wildman–Crippen LogP) is 2.23. The van der Waals surface area contributed by atoms with Crippen LogP contribution in [0.25, 0.3) is 0 Å². The Hall–Kier alpha value is -2.60. The topological polar surface area (TPSA) is 74.4 Å². The smallest absolute Gasteiger partial charge is 0.238 e. The maximum atomic E-state index is 12.9. The first-order valence-corrected chi connectivity index (χ1v) is 9.15. The fraction of sp³-hybridized carbons (Fsp3) is 0.429. The predicted molar refractivity (Wildman–Crippen MR) is 105 cm³/mol. The van der Waals surface area contributed by atoms with Crippen molar-refractivity contribution in [1.29, 1.82) is 0 Å². The van der Waals surface area contributed by atoms with Crippen molar-refractivity contribution in [2.75, 3.05) is 7.11 Å². The zero-order chi connectivity index (χ0) is 19.6. The van der Waals surface area contributed by atoms with Gasteiger partial charge >= 0.3 is 0 Å². The van der Waals surface area contributed by atoms with Crippen LogP contribution in [0.5, 0.6) is 5.75 Å². The van der Waals surface area contributed by atoms with Crippen molar-refractivity contribution in [3.05, 3.63) is 63.6 Å². The highest BCUT2D eigenvalue weighted by atomic mass is 16.5. The number of rotatable bonds is 4. The molecule has 6 nitrogen and oxygen atoms in total. The molecule has 2 heterocycles. The standard InChI is InChI=1S/C21H27N3O3/c1-21(2,3)23-20(26)17-9-14-7-5-6-8-15(14)12-24(17)13-16-10-18(25)19(27-4)11-22-16/h5-8,10-11,17H,9,12-13H2,1-4H3,(H,22,25)(H,23,26)/t17-/m0/s1. The van der Waals surface area contributed by atoms with Crippen LogP contribution in [0.3, 0.4) is 0 Å². The number of benzene rings is 1. The van der Waals surface area contributed by atoms with Crippen LogP contribution in [0.4, 0.5) is 0 Å². The molecule has 0 fully saturated rings. The van der Waals surface area contributed by atoms with Gasteiger partial charge in [-0.25, -0.2) is 0 Å². The zero-order valence-corrected chi connectivity index (χ0v) is 16.3. The lowest BCUT2D eigenvalue weighted by Crippen LogP contribution is -2.54. The fourth-order valence-electron chi connectivity index (χ4n) is 3.42. The van der Waals surface area contributed by atoms with Crippen molar-refractivity contribution in [2.24, 2.45) is 0 Å². The van der Waals surface area contributed by atoms with Gasteiger partial charge in [0.15, 0.2) is 5.75 Å². The van der Waals surface area contributed by atoms with Gasteiger partial charge in [-0.15, -0.1) is 0 Å². The van der Waals surface area contributed by atoms with Gasteiger partial charge in [-0.05, 0) is 38.3 Å². The molecule has 1 aromatic heterocycles. The van der Waals surface area contributed by atoms with Crippen molar-refractivity contribution in [1.82, 2.24) is 15.2 Å². The van der Waals surface area contributed by atoms with E-state index < -0.39 is 0 Å². The van der Waals surface area contributed by atoms with Gasteiger partial charge in [0.2, 0.25) is 11.3 Å². The lowest BCUT2D eigenvalue weighted by atomic mass is 9.92. The maximum absolute atomic E-state index is 12.9. The van der Waals surface area contributed by atoms with Gasteiger partial charge in [0.05, 0.1) is 13.2 Å². The minimum absolute atomic E-state index is 0.00728. The van der Waals surface area contributed by atoms with Crippen molar-refractivity contribution >= 4 is 5.91 Å². The summed E-state index contributed by atoms with van der Waals surface area (Å²) in [6, 6.07) is 9.45. The molecule has 1 aliphatic rings. The normalized spacial score (nSPS) is 17.3. The number of aromatic nitrogens is 1. The number of hydrogen-bond acceptors (Lipinski definition) is 4. The molecular formula is C21H27N3O3. The van der Waals surface area contributed by atoms with E-state index in [0.29, 0.717) is 19.5 Å². The van der Waals surface area contributed by atoms with Gasteiger partial charge in [0.1, 0.15) is 0 Å². The van der Waals surface area contributed by atoms with Gasteiger partial charge in [0.25, 0.3) is 0 Å². The lowest BCUT2D eigenvalue weighted by molar-refractivity contribution is -0.128. The first kappa shape index (κ1) is 19.2. The van der Waals surface area contributed by atoms with Crippen LogP contribution in [0, 0.1) is 0 Å². The third-order valence-electron chi connectivity index (χ3n) is 4.68. The summed E-state index contributed by atoms with van der Waals surface area (Å²) in [5.41, 5.74) is 2.71. The molecular weight excluding hydrogens is 342 g/mol. The second-order valence-corrected chi connectivity index (χ2v) is 8.02. The van der Waals surface area contributed by atoms with E-state index in [0.717, 1.165) is 5.69 Å². The molecule has 0 radical (unpaired) electrons. The Morgan fingerprint density at radius 2 is 2.00 bits per heavy atom. The molecule has 6 heteroatoms. The monoisotopic (exact) mass is 369 g/mol. The molecule has 0 aliphatic carbocycles. The summed E-state index contributed by atoms with van der Waals surface area (Å²) < 4.78 is 5.03. The van der Waals surface area contributed by atoms with Crippen LogP contribution in [0.2, 0.25) is 0 Å². The Morgan fingerprint density at radius 3 is 2.63 bits per heavy atom. The molecule has 1 atom stereocenters. The summed E-state index contributed by atoms with van der Waals surface area (Å²) in [7, 11) is 1.47. The minimum atomic E-state index is -0.297. The number of fused-ring (bicyclic) bond motifs is 1. The Labute approximate surface area is 159 Å². The maximum Gasteiger partial charge on any atom is 0.238 e. The first-order chi connectivity index (χ1) is 12.8. The van der Waals surface area contributed by atoms with Gasteiger partial charge < -0.3 is 15.0 Å². The largest absolute Gasteiger partial charge is 0.491 e. The van der Waals surface area contributed by atoms with Gasteiger partial charge in [-0.3, -0.25) is 14.5 Å². The van der Waals surface area contributed by atoms with E-state index in [1.807, 2.05) is 32.9 Å². The Bertz CT molecular complexity index is 883. The van der Waals surface area contributed by atoms with Crippen LogP contribution in [-0.4, -0.2) is 34.5 Å². The molecule has 0 unspecified atom stereocenters. The summed E-state index contributed by atoms with van der Waals surface area (Å²) in [6.07, 6.45) is 2.22. The van der Waals surface area contributed by atoms with E-state index in [2.05, 4.69) is 27.3 Å². The average molecular weight is 369 g/mol. The van der Waals surface area contributed by atoms with Crippen LogP contribution in [0.1, 0.15) is 37.6 Å². The quantitative estimate of drug-likeness (QED) is 0.867. The van der Waals surface area contributed by atoms with Crippen molar-refractivity contribution in [3.63, 3.8) is 0 Å². The molecule has 1 aliphatic heterocycles. The molecule has 144 valence electrons. The Morgan fingerprint density at radius 1 is 1.30 bits per heavy atom. The number of carbonyl (C=O) groups excluding carboxylic acids is 1. The minimum Gasteiger partial charge on any atom is -0.491 e. The molecule has 2 aromatic rings. The number of methoxy groups -OCH3 is 1. The van der Waals surface area contributed by atoms with Gasteiger partial charge in [0, 0.05) is 36.6 Å². The van der Waals surface area contributed by atoms with E-state index in [4.69, 9.17) is 4.74 Å². The number of nitrogens with zero attached hydrogens (tertiary/aromatic N) is 1. The molecule has 27 heavy (non-hydrogen) atoms. The number of ether oxygens (including phenoxy) is 1. The number of pyridine rings is 1. The van der Waals surface area contributed by atoms with E-state index >= 15 is 0 Å². The van der Waals surface area contributed by atoms with Crippen LogP contribution in [0.15, 0.2) is 41.3 Å². The molecule has 0 bridgehead atoms. The summed E-state index contributed by atoms with van der Waals surface area (Å²) in [6.45, 7) is 7.08. The summed E-state index contributed by atoms with van der Waals surface area (Å²) >= 11 is 0. The molecule has 1 aromatic carbocycles. The molecule has 0 saturated heterocycles. The van der Waals surface area contributed by atoms with Gasteiger partial charge in [-0.2, -0.15) is 0 Å². The summed E-state index contributed by atoms with van der Waals surface area (Å²) in [5.74, 6) is 0.289. The second-order valence-electron chi connectivity index (χ2n) is 8.02. The molecule has 3 rings (SSSR count). The van der Waals surface area contributed by atoms with Gasteiger partial charge in [-0.1, -0.05) is 24.3 Å². The number of H-pyrrole nitrogens is 1. The lowest BCUT2D eigenvalue weighted by Gasteiger charge is -2.37. The van der Waals surface area contributed by atoms with Crippen LogP contribution in [-0.2, 0) is 24.3 Å². The number of carbonyl (C=O) groups is 1.